The third kappa shape index (κ3) is 2.88. The lowest BCUT2D eigenvalue weighted by molar-refractivity contribution is 0.0521. The molecule has 2 heterocycles. The van der Waals surface area contributed by atoms with Crippen LogP contribution in [0.1, 0.15) is 33.5 Å². The van der Waals surface area contributed by atoms with Gasteiger partial charge in [-0.3, -0.25) is 4.79 Å². The van der Waals surface area contributed by atoms with E-state index in [9.17, 15) is 9.59 Å². The number of furan rings is 1. The van der Waals surface area contributed by atoms with Crippen molar-refractivity contribution in [2.24, 2.45) is 0 Å². The van der Waals surface area contributed by atoms with E-state index in [1.165, 1.54) is 30.3 Å². The highest BCUT2D eigenvalue weighted by atomic mass is 32.2. The van der Waals surface area contributed by atoms with Crippen molar-refractivity contribution in [3.8, 4) is 0 Å². The highest BCUT2D eigenvalue weighted by Crippen LogP contribution is 2.17. The summed E-state index contributed by atoms with van der Waals surface area (Å²) in [7, 11) is 0. The van der Waals surface area contributed by atoms with Crippen molar-refractivity contribution in [3.05, 3.63) is 41.6 Å². The lowest BCUT2D eigenvalue weighted by Crippen LogP contribution is -2.15. The van der Waals surface area contributed by atoms with Gasteiger partial charge in [0.1, 0.15) is 11.3 Å². The normalized spacial score (nSPS) is 10.3. The monoisotopic (exact) mass is 292 g/mol. The minimum Gasteiger partial charge on any atom is -0.462 e. The number of aromatic nitrogens is 2. The van der Waals surface area contributed by atoms with Gasteiger partial charge in [0.25, 0.3) is 0 Å². The molecule has 0 fully saturated rings. The Labute approximate surface area is 119 Å². The Bertz CT molecular complexity index is 625. The summed E-state index contributed by atoms with van der Waals surface area (Å²) in [5.41, 5.74) is 0.0174. The Balaban J connectivity index is 2.47. The quantitative estimate of drug-likeness (QED) is 0.361. The van der Waals surface area contributed by atoms with Crippen molar-refractivity contribution in [1.29, 1.82) is 0 Å². The first-order valence-electron chi connectivity index (χ1n) is 5.83. The first kappa shape index (κ1) is 14.3. The molecular formula is C13H12N2O4S. The molecule has 0 aliphatic carbocycles. The molecule has 0 bridgehead atoms. The van der Waals surface area contributed by atoms with E-state index in [1.54, 1.807) is 19.2 Å². The molecule has 0 atom stereocenters. The highest BCUT2D eigenvalue weighted by Gasteiger charge is 2.24. The van der Waals surface area contributed by atoms with Gasteiger partial charge in [-0.1, -0.05) is 11.8 Å². The van der Waals surface area contributed by atoms with E-state index in [4.69, 9.17) is 9.15 Å². The van der Waals surface area contributed by atoms with Crippen LogP contribution in [0.2, 0.25) is 0 Å². The third-order valence-corrected chi connectivity index (χ3v) is 2.97. The fourth-order valence-electron chi connectivity index (χ4n) is 1.52. The van der Waals surface area contributed by atoms with Crippen LogP contribution in [0.4, 0.5) is 0 Å². The predicted octanol–water partition coefficient (Wildman–Crippen LogP) is 2.20. The number of hydrogen-bond acceptors (Lipinski definition) is 7. The lowest BCUT2D eigenvalue weighted by atomic mass is 10.1. The number of carbonyl (C=O) groups is 2. The van der Waals surface area contributed by atoms with Gasteiger partial charge in [0.05, 0.1) is 12.9 Å². The highest BCUT2D eigenvalue weighted by molar-refractivity contribution is 7.98. The number of ether oxygens (including phenoxy) is 1. The van der Waals surface area contributed by atoms with Gasteiger partial charge in [-0.25, -0.2) is 14.8 Å². The van der Waals surface area contributed by atoms with Crippen molar-refractivity contribution < 1.29 is 18.7 Å². The number of esters is 1. The Hall–Kier alpha value is -2.15. The summed E-state index contributed by atoms with van der Waals surface area (Å²) in [5, 5.41) is 0.396. The summed E-state index contributed by atoms with van der Waals surface area (Å²) >= 11 is 1.27. The molecule has 0 unspecified atom stereocenters. The minimum absolute atomic E-state index is 0.0160. The van der Waals surface area contributed by atoms with Crippen LogP contribution >= 0.6 is 11.8 Å². The summed E-state index contributed by atoms with van der Waals surface area (Å²) in [4.78, 5) is 32.2. The average molecular weight is 292 g/mol. The molecule has 0 N–H and O–H groups in total. The van der Waals surface area contributed by atoms with Crippen LogP contribution < -0.4 is 0 Å². The zero-order chi connectivity index (χ0) is 14.5. The summed E-state index contributed by atoms with van der Waals surface area (Å²) in [6.07, 6.45) is 4.46. The standard InChI is InChI=1S/C13H12N2O4S/c1-3-18-12(17)8-7-14-13(20-2)15-10(8)11(16)9-5-4-6-19-9/h4-7H,3H2,1-2H3. The van der Waals surface area contributed by atoms with Gasteiger partial charge in [0.2, 0.25) is 5.78 Å². The van der Waals surface area contributed by atoms with E-state index >= 15 is 0 Å². The number of ketones is 1. The van der Waals surface area contributed by atoms with Gasteiger partial charge >= 0.3 is 5.97 Å². The van der Waals surface area contributed by atoms with Gasteiger partial charge in [-0.05, 0) is 25.3 Å². The van der Waals surface area contributed by atoms with E-state index in [1.807, 2.05) is 0 Å². The third-order valence-electron chi connectivity index (χ3n) is 2.40. The second kappa shape index (κ2) is 6.33. The van der Waals surface area contributed by atoms with Crippen LogP contribution in [0.25, 0.3) is 0 Å². The number of nitrogens with zero attached hydrogens (tertiary/aromatic N) is 2. The van der Waals surface area contributed by atoms with Crippen molar-refractivity contribution in [2.75, 3.05) is 12.9 Å². The second-order valence-electron chi connectivity index (χ2n) is 3.65. The van der Waals surface area contributed by atoms with Gasteiger partial charge in [0.15, 0.2) is 10.9 Å². The number of carbonyl (C=O) groups excluding carboxylic acids is 2. The molecular weight excluding hydrogens is 280 g/mol. The molecule has 104 valence electrons. The van der Waals surface area contributed by atoms with E-state index in [0.29, 0.717) is 5.16 Å². The van der Waals surface area contributed by atoms with Crippen LogP contribution in [0.15, 0.2) is 34.2 Å². The van der Waals surface area contributed by atoms with Crippen LogP contribution in [-0.2, 0) is 4.74 Å². The smallest absolute Gasteiger partial charge is 0.342 e. The van der Waals surface area contributed by atoms with Crippen LogP contribution in [0.5, 0.6) is 0 Å². The van der Waals surface area contributed by atoms with Crippen molar-refractivity contribution in [1.82, 2.24) is 9.97 Å². The molecule has 0 spiro atoms. The molecule has 20 heavy (non-hydrogen) atoms. The first-order chi connectivity index (χ1) is 9.67. The molecule has 7 heteroatoms. The molecule has 6 nitrogen and oxygen atoms in total. The minimum atomic E-state index is -0.630. The van der Waals surface area contributed by atoms with Crippen LogP contribution in [0, 0.1) is 0 Å². The van der Waals surface area contributed by atoms with Gasteiger partial charge in [-0.15, -0.1) is 0 Å². The summed E-state index contributed by atoms with van der Waals surface area (Å²) in [5.74, 6) is -0.993. The van der Waals surface area contributed by atoms with Crippen LogP contribution in [-0.4, -0.2) is 34.6 Å². The number of rotatable bonds is 5. The zero-order valence-electron chi connectivity index (χ0n) is 11.0. The molecule has 0 saturated heterocycles. The fourth-order valence-corrected chi connectivity index (χ4v) is 1.86. The second-order valence-corrected chi connectivity index (χ2v) is 4.42. The summed E-state index contributed by atoms with van der Waals surface area (Å²) in [6.45, 7) is 1.89. The zero-order valence-corrected chi connectivity index (χ0v) is 11.8. The van der Waals surface area contributed by atoms with Crippen molar-refractivity contribution in [2.45, 2.75) is 12.1 Å². The molecule has 0 saturated carbocycles. The Morgan fingerprint density at radius 1 is 1.45 bits per heavy atom. The average Bonchev–Trinajstić information content (AvgIpc) is 3.00. The SMILES string of the molecule is CCOC(=O)c1cnc(SC)nc1C(=O)c1ccco1. The predicted molar refractivity (Wildman–Crippen MR) is 71.9 cm³/mol. The Kier molecular flexibility index (Phi) is 4.52. The number of hydrogen-bond donors (Lipinski definition) is 0. The molecule has 0 aliphatic rings. The molecule has 0 aliphatic heterocycles. The molecule has 2 rings (SSSR count). The molecule has 0 aromatic carbocycles. The Morgan fingerprint density at radius 2 is 2.25 bits per heavy atom. The van der Waals surface area contributed by atoms with E-state index < -0.39 is 11.8 Å². The van der Waals surface area contributed by atoms with Crippen molar-refractivity contribution in [3.63, 3.8) is 0 Å². The fraction of sp³-hybridized carbons (Fsp3) is 0.231. The van der Waals surface area contributed by atoms with Gasteiger partial charge < -0.3 is 9.15 Å². The maximum atomic E-state index is 12.3. The summed E-state index contributed by atoms with van der Waals surface area (Å²) in [6, 6.07) is 3.10. The largest absolute Gasteiger partial charge is 0.462 e. The van der Waals surface area contributed by atoms with E-state index in [2.05, 4.69) is 9.97 Å². The first-order valence-corrected chi connectivity index (χ1v) is 7.06. The molecule has 0 radical (unpaired) electrons. The van der Waals surface area contributed by atoms with E-state index in [-0.39, 0.29) is 23.6 Å². The summed E-state index contributed by atoms with van der Waals surface area (Å²) < 4.78 is 9.95. The topological polar surface area (TPSA) is 82.3 Å². The lowest BCUT2D eigenvalue weighted by Gasteiger charge is -2.07. The maximum Gasteiger partial charge on any atom is 0.342 e. The van der Waals surface area contributed by atoms with Gasteiger partial charge in [0, 0.05) is 6.20 Å². The maximum absolute atomic E-state index is 12.3. The van der Waals surface area contributed by atoms with Crippen molar-refractivity contribution >= 4 is 23.5 Å². The molecule has 2 aromatic heterocycles. The Morgan fingerprint density at radius 3 is 2.85 bits per heavy atom. The van der Waals surface area contributed by atoms with E-state index in [0.717, 1.165) is 0 Å². The molecule has 0 amide bonds. The van der Waals surface area contributed by atoms with Gasteiger partial charge in [-0.2, -0.15) is 0 Å². The van der Waals surface area contributed by atoms with Crippen LogP contribution in [0.3, 0.4) is 0 Å². The molecule has 2 aromatic rings. The number of thioether (sulfide) groups is 1.